The van der Waals surface area contributed by atoms with E-state index in [1.807, 2.05) is 37.3 Å². The summed E-state index contributed by atoms with van der Waals surface area (Å²) in [5, 5.41) is 10.6. The molecule has 0 aliphatic rings. The van der Waals surface area contributed by atoms with Gasteiger partial charge < -0.3 is 5.11 Å². The van der Waals surface area contributed by atoms with Crippen molar-refractivity contribution in [3.05, 3.63) is 116 Å². The van der Waals surface area contributed by atoms with Crippen LogP contribution in [0.25, 0.3) is 5.69 Å². The average Bonchev–Trinajstić information content (AvgIpc) is 2.84. The molecule has 0 saturated carbocycles. The van der Waals surface area contributed by atoms with Crippen LogP contribution < -0.4 is 16.0 Å². The number of benzene rings is 3. The van der Waals surface area contributed by atoms with Gasteiger partial charge in [0.1, 0.15) is 5.56 Å². The van der Waals surface area contributed by atoms with E-state index in [4.69, 9.17) is 0 Å². The van der Waals surface area contributed by atoms with Crippen LogP contribution in [-0.4, -0.2) is 29.3 Å². The molecule has 0 unspecified atom stereocenters. The molecule has 9 nitrogen and oxygen atoms in total. The van der Waals surface area contributed by atoms with E-state index in [1.165, 1.54) is 24.3 Å². The third-order valence-electron chi connectivity index (χ3n) is 5.21. The van der Waals surface area contributed by atoms with Gasteiger partial charge in [0, 0.05) is 12.8 Å². The van der Waals surface area contributed by atoms with Gasteiger partial charge >= 0.3 is 5.69 Å². The number of aromatic hydroxyl groups is 1. The maximum absolute atomic E-state index is 12.6. The van der Waals surface area contributed by atoms with Crippen LogP contribution in [-0.2, 0) is 16.6 Å². The fourth-order valence-corrected chi connectivity index (χ4v) is 4.31. The number of aliphatic imine (C=N–C) groups is 1. The second kappa shape index (κ2) is 9.92. The molecule has 3 N–H and O–H groups in total. The van der Waals surface area contributed by atoms with E-state index < -0.39 is 27.2 Å². The fraction of sp³-hybridized carbons (Fsp3) is 0.0800. The van der Waals surface area contributed by atoms with E-state index in [9.17, 15) is 23.1 Å². The first kappa shape index (κ1) is 23.9. The fourth-order valence-electron chi connectivity index (χ4n) is 3.30. The Bertz CT molecular complexity index is 1590. The van der Waals surface area contributed by atoms with Gasteiger partial charge in [0.15, 0.2) is 0 Å². The number of hydrogen-bond donors (Lipinski definition) is 3. The van der Waals surface area contributed by atoms with Gasteiger partial charge in [-0.3, -0.25) is 14.8 Å². The van der Waals surface area contributed by atoms with E-state index >= 15 is 0 Å². The zero-order chi connectivity index (χ0) is 25.0. The molecule has 0 radical (unpaired) electrons. The minimum absolute atomic E-state index is 0.0565. The lowest BCUT2D eigenvalue weighted by Gasteiger charge is -2.10. The van der Waals surface area contributed by atoms with Crippen molar-refractivity contribution in [3.8, 4) is 11.6 Å². The zero-order valence-electron chi connectivity index (χ0n) is 18.7. The Kier molecular flexibility index (Phi) is 6.76. The van der Waals surface area contributed by atoms with Crippen molar-refractivity contribution in [3.63, 3.8) is 0 Å². The van der Waals surface area contributed by atoms with E-state index in [0.717, 1.165) is 21.9 Å². The standard InChI is InChI=1S/C25H22N4O5S/c1-17-7-11-20(12-8-17)29-24(31)22(23(30)28-25(29)32)16-26-19-9-13-21(14-10-19)35(33,34)27-15-18-5-3-2-4-6-18/h2-14,16,27,31H,15H2,1H3,(H,28,30,32). The number of H-pyrrole nitrogens is 1. The highest BCUT2D eigenvalue weighted by Gasteiger charge is 2.15. The molecular formula is C25H22N4O5S. The average molecular weight is 491 g/mol. The third-order valence-corrected chi connectivity index (χ3v) is 6.63. The molecule has 1 aromatic heterocycles. The van der Waals surface area contributed by atoms with Crippen LogP contribution in [0.3, 0.4) is 0 Å². The molecule has 4 aromatic rings. The summed E-state index contributed by atoms with van der Waals surface area (Å²) in [5.41, 5.74) is 0.712. The first-order chi connectivity index (χ1) is 16.7. The van der Waals surface area contributed by atoms with Gasteiger partial charge in [0.05, 0.1) is 16.3 Å². The maximum Gasteiger partial charge on any atom is 0.335 e. The highest BCUT2D eigenvalue weighted by atomic mass is 32.2. The number of hydrogen-bond acceptors (Lipinski definition) is 6. The lowest BCUT2D eigenvalue weighted by molar-refractivity contribution is 0.430. The second-order valence-corrected chi connectivity index (χ2v) is 9.50. The molecule has 0 bridgehead atoms. The van der Waals surface area contributed by atoms with Crippen LogP contribution in [0, 0.1) is 6.92 Å². The Balaban J connectivity index is 1.56. The van der Waals surface area contributed by atoms with Gasteiger partial charge in [-0.15, -0.1) is 0 Å². The Labute approximate surface area is 201 Å². The molecule has 0 aliphatic carbocycles. The Hall–Kier alpha value is -4.28. The quantitative estimate of drug-likeness (QED) is 0.343. The predicted molar refractivity (Wildman–Crippen MR) is 133 cm³/mol. The van der Waals surface area contributed by atoms with Crippen molar-refractivity contribution >= 4 is 21.9 Å². The lowest BCUT2D eigenvalue weighted by atomic mass is 10.2. The van der Waals surface area contributed by atoms with E-state index in [2.05, 4.69) is 14.7 Å². The molecule has 4 rings (SSSR count). The molecule has 1 heterocycles. The molecule has 0 fully saturated rings. The van der Waals surface area contributed by atoms with Crippen LogP contribution in [0.2, 0.25) is 0 Å². The summed E-state index contributed by atoms with van der Waals surface area (Å²) in [6.07, 6.45) is 1.12. The Morgan fingerprint density at radius 1 is 0.971 bits per heavy atom. The minimum Gasteiger partial charge on any atom is -0.493 e. The van der Waals surface area contributed by atoms with Crippen molar-refractivity contribution in [1.82, 2.24) is 14.3 Å². The first-order valence-electron chi connectivity index (χ1n) is 10.6. The van der Waals surface area contributed by atoms with E-state index in [1.54, 1.807) is 24.3 Å². The van der Waals surface area contributed by atoms with Crippen LogP contribution in [0.15, 0.2) is 98.3 Å². The number of aryl methyl sites for hydroxylation is 1. The van der Waals surface area contributed by atoms with Gasteiger partial charge in [0.25, 0.3) is 5.56 Å². The largest absolute Gasteiger partial charge is 0.493 e. The van der Waals surface area contributed by atoms with Gasteiger partial charge in [-0.2, -0.15) is 0 Å². The zero-order valence-corrected chi connectivity index (χ0v) is 19.5. The number of aromatic amines is 1. The molecule has 0 aliphatic heterocycles. The molecule has 0 amide bonds. The molecule has 3 aromatic carbocycles. The van der Waals surface area contributed by atoms with Crippen molar-refractivity contribution in [2.75, 3.05) is 0 Å². The Morgan fingerprint density at radius 2 is 1.63 bits per heavy atom. The molecule has 0 saturated heterocycles. The van der Waals surface area contributed by atoms with Gasteiger partial charge in [-0.25, -0.2) is 22.5 Å². The lowest BCUT2D eigenvalue weighted by Crippen LogP contribution is -2.31. The molecule has 35 heavy (non-hydrogen) atoms. The van der Waals surface area contributed by atoms with E-state index in [-0.39, 0.29) is 17.0 Å². The van der Waals surface area contributed by atoms with Crippen molar-refractivity contribution in [1.29, 1.82) is 0 Å². The summed E-state index contributed by atoms with van der Waals surface area (Å²) in [4.78, 5) is 31.0. The smallest absolute Gasteiger partial charge is 0.335 e. The number of aromatic nitrogens is 2. The van der Waals surface area contributed by atoms with Crippen LogP contribution in [0.1, 0.15) is 16.7 Å². The SMILES string of the molecule is Cc1ccc(-n2c(O)c(C=Nc3ccc(S(=O)(=O)NCc4ccccc4)cc3)c(=O)[nH]c2=O)cc1. The molecule has 178 valence electrons. The summed E-state index contributed by atoms with van der Waals surface area (Å²) < 4.78 is 28.6. The monoisotopic (exact) mass is 490 g/mol. The van der Waals surface area contributed by atoms with Crippen molar-refractivity contribution < 1.29 is 13.5 Å². The van der Waals surface area contributed by atoms with Gasteiger partial charge in [0.2, 0.25) is 15.9 Å². The summed E-state index contributed by atoms with van der Waals surface area (Å²) >= 11 is 0. The number of nitrogens with one attached hydrogen (secondary N) is 2. The molecule has 0 spiro atoms. The number of rotatable bonds is 7. The summed E-state index contributed by atoms with van der Waals surface area (Å²) in [6.45, 7) is 2.04. The first-order valence-corrected chi connectivity index (χ1v) is 12.1. The van der Waals surface area contributed by atoms with Crippen LogP contribution >= 0.6 is 0 Å². The molecule has 10 heteroatoms. The number of sulfonamides is 1. The third kappa shape index (κ3) is 5.45. The van der Waals surface area contributed by atoms with Crippen molar-refractivity contribution in [2.24, 2.45) is 4.99 Å². The van der Waals surface area contributed by atoms with Crippen LogP contribution in [0.4, 0.5) is 5.69 Å². The highest BCUT2D eigenvalue weighted by Crippen LogP contribution is 2.19. The highest BCUT2D eigenvalue weighted by molar-refractivity contribution is 7.89. The summed E-state index contributed by atoms with van der Waals surface area (Å²) in [5.74, 6) is -0.560. The molecular weight excluding hydrogens is 468 g/mol. The van der Waals surface area contributed by atoms with Crippen molar-refractivity contribution in [2.45, 2.75) is 18.4 Å². The Morgan fingerprint density at radius 3 is 2.29 bits per heavy atom. The van der Waals surface area contributed by atoms with Gasteiger partial charge in [-0.1, -0.05) is 48.0 Å². The normalized spacial score (nSPS) is 11.7. The topological polar surface area (TPSA) is 134 Å². The predicted octanol–water partition coefficient (Wildman–Crippen LogP) is 2.77. The summed E-state index contributed by atoms with van der Waals surface area (Å²) in [7, 11) is -3.73. The second-order valence-electron chi connectivity index (χ2n) is 7.73. The summed E-state index contributed by atoms with van der Waals surface area (Å²) in [6, 6.07) is 21.7. The number of nitrogens with zero attached hydrogens (tertiary/aromatic N) is 2. The van der Waals surface area contributed by atoms with E-state index in [0.29, 0.717) is 11.4 Å². The van der Waals surface area contributed by atoms with Gasteiger partial charge in [-0.05, 0) is 48.9 Å². The molecule has 0 atom stereocenters. The maximum atomic E-state index is 12.6. The van der Waals surface area contributed by atoms with Crippen LogP contribution in [0.5, 0.6) is 5.88 Å². The minimum atomic E-state index is -3.73.